The van der Waals surface area contributed by atoms with Crippen LogP contribution in [0.15, 0.2) is 60.8 Å². The number of carbonyl (C=O) groups excluding carboxylic acids is 3. The number of hydrogen-bond donors (Lipinski definition) is 0. The topological polar surface area (TPSA) is 78.9 Å². The Balaban J connectivity index is 4.35. The molecule has 0 rings (SSSR count). The number of carbonyl (C=O) groups is 3. The summed E-state index contributed by atoms with van der Waals surface area (Å²) in [5, 5.41) is 0. The van der Waals surface area contributed by atoms with Crippen molar-refractivity contribution in [2.75, 3.05) is 13.2 Å². The molecule has 0 saturated carbocycles. The molecule has 0 aliphatic heterocycles. The molecule has 0 aliphatic rings. The van der Waals surface area contributed by atoms with E-state index < -0.39 is 6.10 Å². The highest BCUT2D eigenvalue weighted by Gasteiger charge is 2.19. The molecule has 1 unspecified atom stereocenters. The molecule has 6 nitrogen and oxygen atoms in total. The summed E-state index contributed by atoms with van der Waals surface area (Å²) in [5.74, 6) is -0.936. The predicted molar refractivity (Wildman–Crippen MR) is 251 cm³/mol. The standard InChI is InChI=1S/C53H92O6/c1-4-7-10-13-16-19-21-23-24-25-26-27-28-30-31-34-37-40-43-46-52(55)58-49-50(48-57-51(54)45-42-39-36-33-18-15-12-9-6-3)59-53(56)47-44-41-38-35-32-29-22-20-17-14-11-8-5-2/h7,10,16,19,23-24,26-27,33,36,50H,4-6,8-9,11-15,17-18,20-22,25,28-32,34-35,37-49H2,1-3H3/b10-7-,19-16-,24-23-,27-26-,36-33-. The second-order valence-electron chi connectivity index (χ2n) is 16.3. The zero-order valence-corrected chi connectivity index (χ0v) is 38.8. The SMILES string of the molecule is CC/C=C\C/C=C\C/C=C\C/C=C\CCCCCCCCC(=O)OCC(COC(=O)CCC/C=C\CCCCCC)OC(=O)CCCCCCCCCCCCCCC. The van der Waals surface area contributed by atoms with Gasteiger partial charge in [-0.1, -0.05) is 204 Å². The maximum Gasteiger partial charge on any atom is 0.306 e. The molecule has 0 amide bonds. The van der Waals surface area contributed by atoms with E-state index in [0.717, 1.165) is 83.5 Å². The van der Waals surface area contributed by atoms with E-state index in [2.05, 4.69) is 81.5 Å². The van der Waals surface area contributed by atoms with E-state index in [1.54, 1.807) is 0 Å². The van der Waals surface area contributed by atoms with Crippen molar-refractivity contribution < 1.29 is 28.6 Å². The van der Waals surface area contributed by atoms with E-state index in [0.29, 0.717) is 25.7 Å². The van der Waals surface area contributed by atoms with Gasteiger partial charge in [-0.3, -0.25) is 14.4 Å². The fourth-order valence-electron chi connectivity index (χ4n) is 6.79. The minimum Gasteiger partial charge on any atom is -0.462 e. The molecule has 6 heteroatoms. The summed E-state index contributed by atoms with van der Waals surface area (Å²) in [7, 11) is 0. The van der Waals surface area contributed by atoms with Crippen LogP contribution in [0.4, 0.5) is 0 Å². The second-order valence-corrected chi connectivity index (χ2v) is 16.3. The Morgan fingerprint density at radius 3 is 1.14 bits per heavy atom. The first-order valence-corrected chi connectivity index (χ1v) is 24.8. The lowest BCUT2D eigenvalue weighted by Gasteiger charge is -2.18. The molecule has 0 saturated heterocycles. The monoisotopic (exact) mass is 825 g/mol. The zero-order chi connectivity index (χ0) is 43.0. The Morgan fingerprint density at radius 1 is 0.356 bits per heavy atom. The molecule has 0 bridgehead atoms. The van der Waals surface area contributed by atoms with E-state index in [1.807, 2.05) is 0 Å². The quantitative estimate of drug-likeness (QED) is 0.0263. The van der Waals surface area contributed by atoms with E-state index in [4.69, 9.17) is 14.2 Å². The number of ether oxygens (including phenoxy) is 3. The van der Waals surface area contributed by atoms with Gasteiger partial charge in [-0.2, -0.15) is 0 Å². The number of esters is 3. The lowest BCUT2D eigenvalue weighted by atomic mass is 10.0. The highest BCUT2D eigenvalue weighted by molar-refractivity contribution is 5.71. The Hall–Kier alpha value is -2.89. The maximum atomic E-state index is 12.7. The Labute approximate surface area is 364 Å². The molecule has 0 aliphatic carbocycles. The summed E-state index contributed by atoms with van der Waals surface area (Å²) >= 11 is 0. The highest BCUT2D eigenvalue weighted by atomic mass is 16.6. The summed E-state index contributed by atoms with van der Waals surface area (Å²) in [4.78, 5) is 37.8. The minimum atomic E-state index is -0.786. The van der Waals surface area contributed by atoms with Crippen LogP contribution in [-0.4, -0.2) is 37.2 Å². The van der Waals surface area contributed by atoms with Crippen molar-refractivity contribution in [3.8, 4) is 0 Å². The first-order valence-electron chi connectivity index (χ1n) is 24.8. The summed E-state index contributed by atoms with van der Waals surface area (Å²) in [5.41, 5.74) is 0. The molecule has 0 spiro atoms. The second kappa shape index (κ2) is 47.8. The van der Waals surface area contributed by atoms with Gasteiger partial charge < -0.3 is 14.2 Å². The molecule has 0 aromatic rings. The number of allylic oxidation sites excluding steroid dienone is 10. The summed E-state index contributed by atoms with van der Waals surface area (Å²) in [6, 6.07) is 0. The average molecular weight is 825 g/mol. The van der Waals surface area contributed by atoms with E-state index >= 15 is 0 Å². The zero-order valence-electron chi connectivity index (χ0n) is 38.8. The number of hydrogen-bond acceptors (Lipinski definition) is 6. The molecule has 0 fully saturated rings. The van der Waals surface area contributed by atoms with Crippen molar-refractivity contribution in [3.63, 3.8) is 0 Å². The fraction of sp³-hybridized carbons (Fsp3) is 0.755. The third-order valence-corrected chi connectivity index (χ3v) is 10.5. The van der Waals surface area contributed by atoms with Gasteiger partial charge in [0, 0.05) is 19.3 Å². The van der Waals surface area contributed by atoms with Crippen LogP contribution in [0, 0.1) is 0 Å². The molecular formula is C53H92O6. The van der Waals surface area contributed by atoms with Gasteiger partial charge in [0.25, 0.3) is 0 Å². The largest absolute Gasteiger partial charge is 0.462 e. The predicted octanol–water partition coefficient (Wildman–Crippen LogP) is 16.1. The van der Waals surface area contributed by atoms with Crippen LogP contribution < -0.4 is 0 Å². The maximum absolute atomic E-state index is 12.7. The van der Waals surface area contributed by atoms with Gasteiger partial charge in [0.15, 0.2) is 6.10 Å². The molecule has 0 N–H and O–H groups in total. The van der Waals surface area contributed by atoms with Gasteiger partial charge in [0.1, 0.15) is 13.2 Å². The normalized spacial score (nSPS) is 12.5. The van der Waals surface area contributed by atoms with Crippen molar-refractivity contribution in [3.05, 3.63) is 60.8 Å². The van der Waals surface area contributed by atoms with Crippen LogP contribution in [0.5, 0.6) is 0 Å². The summed E-state index contributed by atoms with van der Waals surface area (Å²) < 4.78 is 16.7. The molecule has 59 heavy (non-hydrogen) atoms. The molecular weight excluding hydrogens is 733 g/mol. The molecule has 0 heterocycles. The Kier molecular flexibility index (Phi) is 45.4. The van der Waals surface area contributed by atoms with Gasteiger partial charge in [-0.05, 0) is 77.0 Å². The van der Waals surface area contributed by atoms with Crippen molar-refractivity contribution >= 4 is 17.9 Å². The molecule has 340 valence electrons. The molecule has 0 aromatic carbocycles. The highest BCUT2D eigenvalue weighted by Crippen LogP contribution is 2.15. The van der Waals surface area contributed by atoms with E-state index in [-0.39, 0.29) is 31.1 Å². The Bertz CT molecular complexity index is 1090. The van der Waals surface area contributed by atoms with Crippen LogP contribution in [0.3, 0.4) is 0 Å². The van der Waals surface area contributed by atoms with Crippen LogP contribution in [0.25, 0.3) is 0 Å². The smallest absolute Gasteiger partial charge is 0.306 e. The summed E-state index contributed by atoms with van der Waals surface area (Å²) in [6.45, 7) is 6.45. The van der Waals surface area contributed by atoms with E-state index in [1.165, 1.54) is 109 Å². The minimum absolute atomic E-state index is 0.0888. The lowest BCUT2D eigenvalue weighted by Crippen LogP contribution is -2.30. The van der Waals surface area contributed by atoms with E-state index in [9.17, 15) is 14.4 Å². The van der Waals surface area contributed by atoms with Crippen LogP contribution >= 0.6 is 0 Å². The Morgan fingerprint density at radius 2 is 0.678 bits per heavy atom. The first-order chi connectivity index (χ1) is 29.0. The first kappa shape index (κ1) is 56.1. The van der Waals surface area contributed by atoms with Crippen molar-refractivity contribution in [2.24, 2.45) is 0 Å². The van der Waals surface area contributed by atoms with Gasteiger partial charge in [-0.25, -0.2) is 0 Å². The van der Waals surface area contributed by atoms with Crippen molar-refractivity contribution in [1.82, 2.24) is 0 Å². The van der Waals surface area contributed by atoms with Crippen molar-refractivity contribution in [2.45, 2.75) is 245 Å². The molecule has 0 aromatic heterocycles. The molecule has 0 radical (unpaired) electrons. The number of rotatable bonds is 44. The molecule has 1 atom stereocenters. The average Bonchev–Trinajstić information content (AvgIpc) is 3.23. The van der Waals surface area contributed by atoms with Gasteiger partial charge >= 0.3 is 17.9 Å². The van der Waals surface area contributed by atoms with Crippen LogP contribution in [-0.2, 0) is 28.6 Å². The van der Waals surface area contributed by atoms with Gasteiger partial charge in [0.05, 0.1) is 0 Å². The summed E-state index contributed by atoms with van der Waals surface area (Å²) in [6.07, 6.45) is 57.8. The van der Waals surface area contributed by atoms with Crippen molar-refractivity contribution in [1.29, 1.82) is 0 Å². The third kappa shape index (κ3) is 46.0. The lowest BCUT2D eigenvalue weighted by molar-refractivity contribution is -0.167. The van der Waals surface area contributed by atoms with Gasteiger partial charge in [0.2, 0.25) is 0 Å². The van der Waals surface area contributed by atoms with Crippen LogP contribution in [0.2, 0.25) is 0 Å². The van der Waals surface area contributed by atoms with Crippen LogP contribution in [0.1, 0.15) is 239 Å². The van der Waals surface area contributed by atoms with Gasteiger partial charge in [-0.15, -0.1) is 0 Å². The number of unbranched alkanes of at least 4 members (excludes halogenated alkanes) is 23. The fourth-order valence-corrected chi connectivity index (χ4v) is 6.79. The third-order valence-electron chi connectivity index (χ3n) is 10.5.